The molecule has 0 saturated heterocycles. The fraction of sp³-hybridized carbons (Fsp3) is 0.325. The van der Waals surface area contributed by atoms with Crippen molar-refractivity contribution >= 4 is 23.7 Å². The lowest BCUT2D eigenvalue weighted by atomic mass is 9.48. The van der Waals surface area contributed by atoms with Crippen LogP contribution in [0.25, 0.3) is 11.1 Å². The number of hydrogen-bond donors (Lipinski definition) is 2. The minimum atomic E-state index is -0.390. The molecule has 0 aromatic heterocycles. The second kappa shape index (κ2) is 13.9. The zero-order chi connectivity index (χ0) is 32.9. The first-order valence-electron chi connectivity index (χ1n) is 16.8. The van der Waals surface area contributed by atoms with Crippen LogP contribution < -0.4 is 25.0 Å². The molecule has 8 rings (SSSR count). The molecule has 48 heavy (non-hydrogen) atoms. The Balaban J connectivity index is 0.860. The molecule has 4 aromatic carbocycles. The maximum atomic E-state index is 12.7. The number of hydrazone groups is 1. The van der Waals surface area contributed by atoms with E-state index in [0.29, 0.717) is 28.2 Å². The first-order chi connectivity index (χ1) is 23.4. The van der Waals surface area contributed by atoms with Crippen molar-refractivity contribution in [1.29, 1.82) is 0 Å². The lowest BCUT2D eigenvalue weighted by Gasteiger charge is -2.57. The first kappa shape index (κ1) is 31.5. The van der Waals surface area contributed by atoms with Crippen LogP contribution in [-0.2, 0) is 15.0 Å². The molecular formula is C40H41N3O5. The summed E-state index contributed by atoms with van der Waals surface area (Å²) in [6.07, 6.45) is 9.74. The standard InChI is InChI=1S/C40H41N3O5/c1-46-37-20-27(24-41-43-39(45)26-47-35-14-8-32(9-15-35)31-5-3-2-4-6-31)7-16-36(37)48-25-38(44)42-34-12-10-33(11-13-34)40-21-28-17-29(22-40)19-30(18-28)23-40/h2-16,20,24,28-30H,17-19,21-23,25-26H2,1H3,(H,42,44)(H,43,45)/b41-24+. The fourth-order valence-corrected chi connectivity index (χ4v) is 8.33. The lowest BCUT2D eigenvalue weighted by Crippen LogP contribution is -2.48. The third-order valence-corrected chi connectivity index (χ3v) is 10.1. The van der Waals surface area contributed by atoms with Crippen LogP contribution >= 0.6 is 0 Å². The first-order valence-corrected chi connectivity index (χ1v) is 16.8. The van der Waals surface area contributed by atoms with Crippen LogP contribution in [0.5, 0.6) is 17.2 Å². The van der Waals surface area contributed by atoms with Crippen molar-refractivity contribution in [3.05, 3.63) is 108 Å². The molecule has 2 N–H and O–H groups in total. The number of rotatable bonds is 12. The van der Waals surface area contributed by atoms with Crippen molar-refractivity contribution in [1.82, 2.24) is 5.43 Å². The van der Waals surface area contributed by atoms with E-state index in [2.05, 4.69) is 28.0 Å². The van der Waals surface area contributed by atoms with E-state index in [1.54, 1.807) is 18.2 Å². The van der Waals surface area contributed by atoms with Crippen molar-refractivity contribution in [3.63, 3.8) is 0 Å². The van der Waals surface area contributed by atoms with Crippen LogP contribution in [0, 0.1) is 17.8 Å². The van der Waals surface area contributed by atoms with Gasteiger partial charge in [0.2, 0.25) is 0 Å². The maximum Gasteiger partial charge on any atom is 0.277 e. The number of carbonyl (C=O) groups is 2. The Hall–Kier alpha value is -5.11. The summed E-state index contributed by atoms with van der Waals surface area (Å²) < 4.78 is 16.9. The van der Waals surface area contributed by atoms with E-state index in [1.807, 2.05) is 66.7 Å². The van der Waals surface area contributed by atoms with Crippen LogP contribution in [0.3, 0.4) is 0 Å². The summed E-state index contributed by atoms with van der Waals surface area (Å²) in [6, 6.07) is 31.3. The number of carbonyl (C=O) groups excluding carboxylic acids is 2. The molecule has 4 aliphatic carbocycles. The molecule has 8 heteroatoms. The Labute approximate surface area is 281 Å². The summed E-state index contributed by atoms with van der Waals surface area (Å²) in [5.74, 6) is 3.51. The second-order valence-electron chi connectivity index (χ2n) is 13.5. The van der Waals surface area contributed by atoms with Gasteiger partial charge in [-0.1, -0.05) is 54.6 Å². The van der Waals surface area contributed by atoms with Gasteiger partial charge in [-0.25, -0.2) is 5.43 Å². The average molecular weight is 644 g/mol. The van der Waals surface area contributed by atoms with E-state index < -0.39 is 5.91 Å². The van der Waals surface area contributed by atoms with Gasteiger partial charge in [0.25, 0.3) is 11.8 Å². The molecule has 4 saturated carbocycles. The molecule has 0 aliphatic heterocycles. The Kier molecular flexibility index (Phi) is 9.14. The van der Waals surface area contributed by atoms with Crippen molar-refractivity contribution < 1.29 is 23.8 Å². The summed E-state index contributed by atoms with van der Waals surface area (Å²) in [5.41, 5.74) is 7.87. The van der Waals surface area contributed by atoms with Gasteiger partial charge >= 0.3 is 0 Å². The molecule has 0 spiro atoms. The van der Waals surface area contributed by atoms with E-state index in [4.69, 9.17) is 14.2 Å². The number of nitrogens with zero attached hydrogens (tertiary/aromatic N) is 1. The Bertz CT molecular complexity index is 1730. The third-order valence-electron chi connectivity index (χ3n) is 10.1. The Morgan fingerprint density at radius 3 is 2.06 bits per heavy atom. The van der Waals surface area contributed by atoms with E-state index >= 15 is 0 Å². The number of methoxy groups -OCH3 is 1. The van der Waals surface area contributed by atoms with E-state index in [-0.39, 0.29) is 19.1 Å². The SMILES string of the molecule is COc1cc(/C=N/NC(=O)COc2ccc(-c3ccccc3)cc2)ccc1OCC(=O)Nc1ccc(C23CC4CC(CC(C4)C2)C3)cc1. The van der Waals surface area contributed by atoms with Crippen LogP contribution in [0.2, 0.25) is 0 Å². The molecule has 0 radical (unpaired) electrons. The maximum absolute atomic E-state index is 12.7. The fourth-order valence-electron chi connectivity index (χ4n) is 8.33. The predicted octanol–water partition coefficient (Wildman–Crippen LogP) is 7.38. The minimum Gasteiger partial charge on any atom is -0.493 e. The number of nitrogens with one attached hydrogen (secondary N) is 2. The highest BCUT2D eigenvalue weighted by Gasteiger charge is 2.51. The molecule has 0 unspecified atom stereocenters. The summed E-state index contributed by atoms with van der Waals surface area (Å²) in [5, 5.41) is 6.98. The van der Waals surface area contributed by atoms with E-state index in [0.717, 1.165) is 34.6 Å². The van der Waals surface area contributed by atoms with Gasteiger partial charge < -0.3 is 19.5 Å². The number of anilines is 1. The van der Waals surface area contributed by atoms with E-state index in [9.17, 15) is 9.59 Å². The minimum absolute atomic E-state index is 0.161. The van der Waals surface area contributed by atoms with Gasteiger partial charge in [0.15, 0.2) is 24.7 Å². The molecular weight excluding hydrogens is 602 g/mol. The molecule has 2 amide bonds. The van der Waals surface area contributed by atoms with Crippen molar-refractivity contribution in [2.75, 3.05) is 25.6 Å². The molecule has 4 bridgehead atoms. The largest absolute Gasteiger partial charge is 0.493 e. The van der Waals surface area contributed by atoms with E-state index in [1.165, 1.54) is 57.4 Å². The average Bonchev–Trinajstić information content (AvgIpc) is 3.10. The smallest absolute Gasteiger partial charge is 0.277 e. The zero-order valence-electron chi connectivity index (χ0n) is 27.2. The quantitative estimate of drug-likeness (QED) is 0.124. The van der Waals surface area contributed by atoms with Crippen LogP contribution in [0.15, 0.2) is 102 Å². The highest BCUT2D eigenvalue weighted by atomic mass is 16.5. The number of benzene rings is 4. The number of hydrogen-bond acceptors (Lipinski definition) is 6. The Morgan fingerprint density at radius 1 is 0.750 bits per heavy atom. The molecule has 8 nitrogen and oxygen atoms in total. The number of ether oxygens (including phenoxy) is 3. The Morgan fingerprint density at radius 2 is 1.40 bits per heavy atom. The van der Waals surface area contributed by atoms with Gasteiger partial charge in [0.05, 0.1) is 13.3 Å². The number of amides is 2. The summed E-state index contributed by atoms with van der Waals surface area (Å²) in [4.78, 5) is 25.0. The van der Waals surface area contributed by atoms with Gasteiger partial charge in [-0.2, -0.15) is 5.10 Å². The normalized spacial score (nSPS) is 22.3. The van der Waals surface area contributed by atoms with Crippen molar-refractivity contribution in [2.45, 2.75) is 43.9 Å². The summed E-state index contributed by atoms with van der Waals surface area (Å²) in [7, 11) is 1.53. The predicted molar refractivity (Wildman–Crippen MR) is 187 cm³/mol. The molecule has 0 heterocycles. The van der Waals surface area contributed by atoms with Gasteiger partial charge in [0, 0.05) is 5.69 Å². The molecule has 4 aromatic rings. The van der Waals surface area contributed by atoms with Gasteiger partial charge in [-0.05, 0) is 126 Å². The molecule has 4 fully saturated rings. The van der Waals surface area contributed by atoms with Crippen LogP contribution in [0.4, 0.5) is 5.69 Å². The molecule has 4 aliphatic rings. The second-order valence-corrected chi connectivity index (χ2v) is 13.5. The summed E-state index contributed by atoms with van der Waals surface area (Å²) >= 11 is 0. The third kappa shape index (κ3) is 7.23. The zero-order valence-corrected chi connectivity index (χ0v) is 27.2. The molecule has 0 atom stereocenters. The van der Waals surface area contributed by atoms with Crippen LogP contribution in [0.1, 0.15) is 49.7 Å². The lowest BCUT2D eigenvalue weighted by molar-refractivity contribution is -0.123. The monoisotopic (exact) mass is 643 g/mol. The van der Waals surface area contributed by atoms with Crippen LogP contribution in [-0.4, -0.2) is 38.4 Å². The van der Waals surface area contributed by atoms with Crippen molar-refractivity contribution in [3.8, 4) is 28.4 Å². The topological polar surface area (TPSA) is 98.2 Å². The van der Waals surface area contributed by atoms with Gasteiger partial charge in [-0.3, -0.25) is 9.59 Å². The summed E-state index contributed by atoms with van der Waals surface area (Å²) in [6.45, 7) is -0.335. The van der Waals surface area contributed by atoms with Crippen molar-refractivity contribution in [2.24, 2.45) is 22.9 Å². The highest BCUT2D eigenvalue weighted by molar-refractivity contribution is 5.92. The van der Waals surface area contributed by atoms with Gasteiger partial charge in [0.1, 0.15) is 5.75 Å². The highest BCUT2D eigenvalue weighted by Crippen LogP contribution is 2.60. The van der Waals surface area contributed by atoms with Gasteiger partial charge in [-0.15, -0.1) is 0 Å². The molecule has 246 valence electrons.